The Bertz CT molecular complexity index is 402. The highest BCUT2D eigenvalue weighted by atomic mass is 15.3. The fraction of sp³-hybridized carbons (Fsp3) is 0.812. The normalized spacial score (nSPS) is 18.7. The highest BCUT2D eigenvalue weighted by Crippen LogP contribution is 2.28. The largest absolute Gasteiger partial charge is 0.310 e. The van der Waals surface area contributed by atoms with E-state index < -0.39 is 0 Å². The van der Waals surface area contributed by atoms with E-state index in [9.17, 15) is 0 Å². The Morgan fingerprint density at radius 3 is 2.47 bits per heavy atom. The molecule has 1 aliphatic rings. The molecule has 2 rings (SSSR count). The maximum atomic E-state index is 4.50. The first kappa shape index (κ1) is 14.6. The molecule has 1 atom stereocenters. The minimum atomic E-state index is 0.680. The third-order valence-electron chi connectivity index (χ3n) is 4.86. The summed E-state index contributed by atoms with van der Waals surface area (Å²) in [5.74, 6) is 0.885. The summed E-state index contributed by atoms with van der Waals surface area (Å²) >= 11 is 0. The van der Waals surface area contributed by atoms with E-state index in [2.05, 4.69) is 31.2 Å². The standard InChI is InChI=1S/C16H29N3/c1-5-16(14-9-7-6-8-10-14)17-11-15-12(2)18-19(4)13(15)3/h14,16-17H,5-11H2,1-4H3. The van der Waals surface area contributed by atoms with Gasteiger partial charge in [0, 0.05) is 30.9 Å². The highest BCUT2D eigenvalue weighted by Gasteiger charge is 2.22. The minimum absolute atomic E-state index is 0.680. The Labute approximate surface area is 117 Å². The van der Waals surface area contributed by atoms with Crippen LogP contribution in [0.4, 0.5) is 0 Å². The number of nitrogens with zero attached hydrogens (tertiary/aromatic N) is 2. The smallest absolute Gasteiger partial charge is 0.0641 e. The van der Waals surface area contributed by atoms with E-state index in [1.807, 2.05) is 11.7 Å². The second kappa shape index (κ2) is 6.56. The van der Waals surface area contributed by atoms with Crippen LogP contribution in [0, 0.1) is 19.8 Å². The number of rotatable bonds is 5. The van der Waals surface area contributed by atoms with Gasteiger partial charge in [-0.3, -0.25) is 4.68 Å². The molecule has 19 heavy (non-hydrogen) atoms. The molecule has 1 aliphatic carbocycles. The van der Waals surface area contributed by atoms with Crippen LogP contribution in [0.2, 0.25) is 0 Å². The predicted octanol–water partition coefficient (Wildman–Crippen LogP) is 3.49. The van der Waals surface area contributed by atoms with Crippen molar-refractivity contribution in [1.82, 2.24) is 15.1 Å². The van der Waals surface area contributed by atoms with Gasteiger partial charge in [0.05, 0.1) is 5.69 Å². The van der Waals surface area contributed by atoms with Crippen LogP contribution in [0.5, 0.6) is 0 Å². The van der Waals surface area contributed by atoms with Crippen LogP contribution in [0.15, 0.2) is 0 Å². The van der Waals surface area contributed by atoms with E-state index in [1.54, 1.807) is 0 Å². The summed E-state index contributed by atoms with van der Waals surface area (Å²) in [5.41, 5.74) is 3.85. The van der Waals surface area contributed by atoms with E-state index in [0.717, 1.165) is 12.5 Å². The number of nitrogens with one attached hydrogen (secondary N) is 1. The highest BCUT2D eigenvalue weighted by molar-refractivity contribution is 5.24. The zero-order valence-corrected chi connectivity index (χ0v) is 13.0. The van der Waals surface area contributed by atoms with Crippen molar-refractivity contribution in [3.63, 3.8) is 0 Å². The lowest BCUT2D eigenvalue weighted by atomic mass is 9.83. The van der Waals surface area contributed by atoms with Crippen LogP contribution in [0.1, 0.15) is 62.4 Å². The maximum Gasteiger partial charge on any atom is 0.0641 e. The molecule has 1 saturated carbocycles. The van der Waals surface area contributed by atoms with E-state index in [1.165, 1.54) is 55.5 Å². The Kier molecular flexibility index (Phi) is 5.03. The van der Waals surface area contributed by atoms with Crippen molar-refractivity contribution in [2.24, 2.45) is 13.0 Å². The summed E-state index contributed by atoms with van der Waals surface area (Å²) in [7, 11) is 2.03. The average Bonchev–Trinajstić information content (AvgIpc) is 2.66. The lowest BCUT2D eigenvalue weighted by Crippen LogP contribution is -2.36. The minimum Gasteiger partial charge on any atom is -0.310 e. The Hall–Kier alpha value is -0.830. The van der Waals surface area contributed by atoms with Gasteiger partial charge in [0.2, 0.25) is 0 Å². The number of hydrogen-bond donors (Lipinski definition) is 1. The number of aromatic nitrogens is 2. The van der Waals surface area contributed by atoms with Crippen LogP contribution in [0.3, 0.4) is 0 Å². The average molecular weight is 263 g/mol. The second-order valence-electron chi connectivity index (χ2n) is 6.07. The zero-order chi connectivity index (χ0) is 13.8. The van der Waals surface area contributed by atoms with Crippen LogP contribution >= 0.6 is 0 Å². The van der Waals surface area contributed by atoms with E-state index in [-0.39, 0.29) is 0 Å². The molecule has 1 unspecified atom stereocenters. The predicted molar refractivity (Wildman–Crippen MR) is 80.2 cm³/mol. The molecule has 1 N–H and O–H groups in total. The fourth-order valence-corrected chi connectivity index (χ4v) is 3.49. The molecule has 1 fully saturated rings. The number of aryl methyl sites for hydroxylation is 2. The van der Waals surface area contributed by atoms with Crippen molar-refractivity contribution in [1.29, 1.82) is 0 Å². The van der Waals surface area contributed by atoms with Gasteiger partial charge in [-0.15, -0.1) is 0 Å². The van der Waals surface area contributed by atoms with Gasteiger partial charge >= 0.3 is 0 Å². The monoisotopic (exact) mass is 263 g/mol. The molecule has 3 heteroatoms. The Balaban J connectivity index is 1.95. The van der Waals surface area contributed by atoms with Gasteiger partial charge < -0.3 is 5.32 Å². The second-order valence-corrected chi connectivity index (χ2v) is 6.07. The SMILES string of the molecule is CCC(NCc1c(C)nn(C)c1C)C1CCCCC1. The third-order valence-corrected chi connectivity index (χ3v) is 4.86. The molecule has 0 spiro atoms. The Morgan fingerprint density at radius 1 is 1.26 bits per heavy atom. The molecule has 1 aromatic heterocycles. The van der Waals surface area contributed by atoms with E-state index >= 15 is 0 Å². The quantitative estimate of drug-likeness (QED) is 0.881. The van der Waals surface area contributed by atoms with Gasteiger partial charge in [0.15, 0.2) is 0 Å². The summed E-state index contributed by atoms with van der Waals surface area (Å²) in [6, 6.07) is 0.680. The van der Waals surface area contributed by atoms with Crippen molar-refractivity contribution in [3.8, 4) is 0 Å². The van der Waals surface area contributed by atoms with Gasteiger partial charge in [0.25, 0.3) is 0 Å². The summed E-state index contributed by atoms with van der Waals surface area (Å²) in [6.45, 7) is 7.57. The van der Waals surface area contributed by atoms with Crippen LogP contribution in [-0.4, -0.2) is 15.8 Å². The van der Waals surface area contributed by atoms with Gasteiger partial charge in [-0.2, -0.15) is 5.10 Å². The van der Waals surface area contributed by atoms with Crippen molar-refractivity contribution in [2.45, 2.75) is 71.9 Å². The Morgan fingerprint density at radius 2 is 1.95 bits per heavy atom. The molecule has 3 nitrogen and oxygen atoms in total. The van der Waals surface area contributed by atoms with Gasteiger partial charge in [0.1, 0.15) is 0 Å². The lowest BCUT2D eigenvalue weighted by Gasteiger charge is -2.30. The van der Waals surface area contributed by atoms with Crippen molar-refractivity contribution >= 4 is 0 Å². The molecule has 1 aromatic rings. The fourth-order valence-electron chi connectivity index (χ4n) is 3.49. The molecule has 0 aromatic carbocycles. The van der Waals surface area contributed by atoms with Crippen LogP contribution < -0.4 is 5.32 Å². The first-order chi connectivity index (χ1) is 9.13. The van der Waals surface area contributed by atoms with E-state index in [4.69, 9.17) is 0 Å². The van der Waals surface area contributed by atoms with Crippen LogP contribution in [-0.2, 0) is 13.6 Å². The first-order valence-corrected chi connectivity index (χ1v) is 7.86. The molecule has 0 amide bonds. The van der Waals surface area contributed by atoms with Crippen molar-refractivity contribution in [2.75, 3.05) is 0 Å². The first-order valence-electron chi connectivity index (χ1n) is 7.86. The lowest BCUT2D eigenvalue weighted by molar-refractivity contribution is 0.261. The summed E-state index contributed by atoms with van der Waals surface area (Å²) in [4.78, 5) is 0. The molecule has 0 aliphatic heterocycles. The summed E-state index contributed by atoms with van der Waals surface area (Å²) in [6.07, 6.45) is 8.35. The molecule has 1 heterocycles. The van der Waals surface area contributed by atoms with Gasteiger partial charge in [-0.1, -0.05) is 26.2 Å². The topological polar surface area (TPSA) is 29.9 Å². The third kappa shape index (κ3) is 3.38. The number of hydrogen-bond acceptors (Lipinski definition) is 2. The molecule has 0 saturated heterocycles. The van der Waals surface area contributed by atoms with Crippen LogP contribution in [0.25, 0.3) is 0 Å². The molecule has 0 radical (unpaired) electrons. The summed E-state index contributed by atoms with van der Waals surface area (Å²) < 4.78 is 1.99. The molecule has 0 bridgehead atoms. The maximum absolute atomic E-state index is 4.50. The summed E-state index contributed by atoms with van der Waals surface area (Å²) in [5, 5.41) is 8.30. The zero-order valence-electron chi connectivity index (χ0n) is 13.0. The molecular weight excluding hydrogens is 234 g/mol. The molecular formula is C16H29N3. The van der Waals surface area contributed by atoms with Crippen molar-refractivity contribution in [3.05, 3.63) is 17.0 Å². The van der Waals surface area contributed by atoms with Gasteiger partial charge in [-0.05, 0) is 39.0 Å². The molecule has 108 valence electrons. The van der Waals surface area contributed by atoms with Gasteiger partial charge in [-0.25, -0.2) is 0 Å². The van der Waals surface area contributed by atoms with E-state index in [0.29, 0.717) is 6.04 Å². The van der Waals surface area contributed by atoms with Crippen molar-refractivity contribution < 1.29 is 0 Å².